The summed E-state index contributed by atoms with van der Waals surface area (Å²) in [6.07, 6.45) is -0.743. The SMILES string of the molecule is O=C(O)NS(=O)(=O)N1CC2CC1CC2Nc1nonc1-c1noc(=O)n1-c1ccc(F)c(Br)c1. The number of amides is 1. The van der Waals surface area contributed by atoms with Gasteiger partial charge in [-0.3, -0.25) is 4.52 Å². The number of anilines is 1. The van der Waals surface area contributed by atoms with Crippen molar-refractivity contribution in [1.29, 1.82) is 0 Å². The van der Waals surface area contributed by atoms with Crippen molar-refractivity contribution >= 4 is 38.1 Å². The maximum absolute atomic E-state index is 13.6. The molecule has 0 radical (unpaired) electrons. The van der Waals surface area contributed by atoms with Gasteiger partial charge in [-0.25, -0.2) is 27.9 Å². The Hall–Kier alpha value is -3.31. The zero-order valence-corrected chi connectivity index (χ0v) is 19.3. The van der Waals surface area contributed by atoms with Gasteiger partial charge in [0.2, 0.25) is 11.6 Å². The van der Waals surface area contributed by atoms with Crippen LogP contribution in [-0.4, -0.2) is 62.6 Å². The summed E-state index contributed by atoms with van der Waals surface area (Å²) in [5.41, 5.74) is 0.321. The fourth-order valence-corrected chi connectivity index (χ4v) is 6.07. The Morgan fingerprint density at radius 3 is 2.74 bits per heavy atom. The molecule has 1 saturated heterocycles. The minimum absolute atomic E-state index is 0.0368. The van der Waals surface area contributed by atoms with E-state index in [0.717, 1.165) is 14.9 Å². The minimum atomic E-state index is -4.15. The monoisotopic (exact) mass is 559 g/mol. The number of nitrogens with zero attached hydrogens (tertiary/aromatic N) is 5. The van der Waals surface area contributed by atoms with Crippen molar-refractivity contribution in [1.82, 2.24) is 29.1 Å². The van der Waals surface area contributed by atoms with E-state index in [-0.39, 0.29) is 46.0 Å². The van der Waals surface area contributed by atoms with Crippen molar-refractivity contribution in [3.8, 4) is 17.2 Å². The lowest BCUT2D eigenvalue weighted by molar-refractivity contribution is 0.199. The van der Waals surface area contributed by atoms with E-state index in [1.54, 1.807) is 4.72 Å². The van der Waals surface area contributed by atoms with E-state index in [9.17, 15) is 22.4 Å². The lowest BCUT2D eigenvalue weighted by atomic mass is 10.0. The van der Waals surface area contributed by atoms with E-state index in [1.807, 2.05) is 0 Å². The summed E-state index contributed by atoms with van der Waals surface area (Å²) in [4.78, 5) is 23.1. The number of rotatable bonds is 6. The minimum Gasteiger partial charge on any atom is -0.464 e. The summed E-state index contributed by atoms with van der Waals surface area (Å²) in [6, 6.07) is 3.27. The van der Waals surface area contributed by atoms with Gasteiger partial charge >= 0.3 is 22.1 Å². The first-order valence-electron chi connectivity index (χ1n) is 9.80. The summed E-state index contributed by atoms with van der Waals surface area (Å²) in [5.74, 6) is -1.38. The average Bonchev–Trinajstić information content (AvgIpc) is 3.53. The topological polar surface area (TPSA) is 186 Å². The van der Waals surface area contributed by atoms with Crippen molar-refractivity contribution in [3.05, 3.63) is 39.0 Å². The Kier molecular flexibility index (Phi) is 5.40. The Balaban J connectivity index is 1.38. The van der Waals surface area contributed by atoms with E-state index in [0.29, 0.717) is 12.8 Å². The first-order valence-corrected chi connectivity index (χ1v) is 12.0. The number of nitrogens with one attached hydrogen (secondary N) is 2. The fraction of sp³-hybridized carbons (Fsp3) is 0.353. The van der Waals surface area contributed by atoms with Crippen molar-refractivity contribution in [3.63, 3.8) is 0 Å². The second-order valence-corrected chi connectivity index (χ2v) is 10.3. The Bertz CT molecular complexity index is 1440. The second kappa shape index (κ2) is 8.17. The maximum atomic E-state index is 13.6. The van der Waals surface area contributed by atoms with E-state index in [4.69, 9.17) is 14.3 Å². The summed E-state index contributed by atoms with van der Waals surface area (Å²) >= 11 is 3.07. The van der Waals surface area contributed by atoms with Gasteiger partial charge in [0, 0.05) is 18.6 Å². The summed E-state index contributed by atoms with van der Waals surface area (Å²) in [7, 11) is -4.15. The standard InChI is InChI=1S/C17H15BrFN7O7S/c18-10-4-8(1-2-11(10)19)26-15(23-32-17(26)29)13-14(22-33-21-13)20-12-5-9-3-7(12)6-25(9)34(30,31)24-16(27)28/h1-2,4,7,9,12,24H,3,5-6H2,(H,20,22)(H,27,28). The van der Waals surface area contributed by atoms with E-state index in [2.05, 4.69) is 36.7 Å². The summed E-state index contributed by atoms with van der Waals surface area (Å²) < 4.78 is 51.6. The number of carbonyl (C=O) groups is 1. The Labute approximate surface area is 198 Å². The number of hydrogen-bond acceptors (Lipinski definition) is 10. The Morgan fingerprint density at radius 2 is 2.06 bits per heavy atom. The molecule has 1 aliphatic carbocycles. The Morgan fingerprint density at radius 1 is 1.26 bits per heavy atom. The zero-order valence-electron chi connectivity index (χ0n) is 16.9. The smallest absolute Gasteiger partial charge is 0.446 e. The molecule has 14 nitrogen and oxygen atoms in total. The molecular formula is C17H15BrFN7O7S. The number of aromatic nitrogens is 4. The van der Waals surface area contributed by atoms with Crippen LogP contribution in [0.2, 0.25) is 0 Å². The highest BCUT2D eigenvalue weighted by Gasteiger charge is 2.50. The van der Waals surface area contributed by atoms with Gasteiger partial charge in [-0.2, -0.15) is 12.7 Å². The predicted molar refractivity (Wildman–Crippen MR) is 114 cm³/mol. The van der Waals surface area contributed by atoms with Crippen LogP contribution in [0.1, 0.15) is 12.8 Å². The van der Waals surface area contributed by atoms with E-state index >= 15 is 0 Å². The molecule has 2 bridgehead atoms. The van der Waals surface area contributed by atoms with Gasteiger partial charge < -0.3 is 10.4 Å². The molecule has 1 saturated carbocycles. The molecule has 2 aromatic heterocycles. The van der Waals surface area contributed by atoms with Crippen LogP contribution in [0, 0.1) is 11.7 Å². The lowest BCUT2D eigenvalue weighted by Crippen LogP contribution is -2.49. The van der Waals surface area contributed by atoms with Crippen LogP contribution >= 0.6 is 15.9 Å². The molecule has 1 aliphatic heterocycles. The molecule has 2 aliphatic rings. The van der Waals surface area contributed by atoms with Crippen LogP contribution in [0.25, 0.3) is 17.2 Å². The summed E-state index contributed by atoms with van der Waals surface area (Å²) in [5, 5.41) is 23.3. The molecular weight excluding hydrogens is 545 g/mol. The highest BCUT2D eigenvalue weighted by molar-refractivity contribution is 9.10. The molecule has 0 spiro atoms. The van der Waals surface area contributed by atoms with E-state index < -0.39 is 33.9 Å². The molecule has 1 aromatic carbocycles. The maximum Gasteiger partial charge on any atom is 0.446 e. The largest absolute Gasteiger partial charge is 0.464 e. The third-order valence-electron chi connectivity index (χ3n) is 5.81. The number of benzene rings is 1. The number of hydrogen-bond donors (Lipinski definition) is 3. The average molecular weight is 560 g/mol. The van der Waals surface area contributed by atoms with Gasteiger partial charge in [0.15, 0.2) is 5.69 Å². The number of carboxylic acid groups (broad SMARTS) is 1. The number of piperidine rings is 1. The molecule has 5 rings (SSSR count). The summed E-state index contributed by atoms with van der Waals surface area (Å²) in [6.45, 7) is 0.115. The third kappa shape index (κ3) is 3.84. The molecule has 2 fully saturated rings. The highest BCUT2D eigenvalue weighted by Crippen LogP contribution is 2.41. The highest BCUT2D eigenvalue weighted by atomic mass is 79.9. The van der Waals surface area contributed by atoms with Crippen molar-refractivity contribution in [2.75, 3.05) is 11.9 Å². The van der Waals surface area contributed by atoms with Gasteiger partial charge in [0.05, 0.1) is 10.2 Å². The van der Waals surface area contributed by atoms with Gasteiger partial charge in [-0.1, -0.05) is 5.16 Å². The zero-order chi connectivity index (χ0) is 24.2. The van der Waals surface area contributed by atoms with Crippen LogP contribution in [0.4, 0.5) is 15.0 Å². The molecule has 3 N–H and O–H groups in total. The molecule has 1 amide bonds. The van der Waals surface area contributed by atoms with Crippen molar-refractivity contribution in [2.45, 2.75) is 24.9 Å². The van der Waals surface area contributed by atoms with Crippen LogP contribution in [0.5, 0.6) is 0 Å². The molecule has 3 heterocycles. The van der Waals surface area contributed by atoms with Gasteiger partial charge in [-0.05, 0) is 63.2 Å². The number of halogens is 2. The van der Waals surface area contributed by atoms with Gasteiger partial charge in [0.25, 0.3) is 0 Å². The predicted octanol–water partition coefficient (Wildman–Crippen LogP) is 1.16. The first-order chi connectivity index (χ1) is 16.1. The van der Waals surface area contributed by atoms with Gasteiger partial charge in [0.1, 0.15) is 5.82 Å². The first kappa shape index (κ1) is 22.5. The molecule has 17 heteroatoms. The van der Waals surface area contributed by atoms with E-state index in [1.165, 1.54) is 12.1 Å². The molecule has 3 unspecified atom stereocenters. The third-order valence-corrected chi connectivity index (χ3v) is 7.91. The van der Waals surface area contributed by atoms with Crippen LogP contribution in [-0.2, 0) is 10.2 Å². The molecule has 180 valence electrons. The van der Waals surface area contributed by atoms with Crippen molar-refractivity contribution < 1.29 is 31.9 Å². The van der Waals surface area contributed by atoms with Gasteiger partial charge in [-0.15, -0.1) is 0 Å². The quantitative estimate of drug-likeness (QED) is 0.393. The van der Waals surface area contributed by atoms with Crippen LogP contribution in [0.15, 0.2) is 36.6 Å². The van der Waals surface area contributed by atoms with Crippen LogP contribution in [0.3, 0.4) is 0 Å². The fourth-order valence-electron chi connectivity index (χ4n) is 4.41. The molecule has 3 atom stereocenters. The molecule has 3 aromatic rings. The molecule has 34 heavy (non-hydrogen) atoms. The number of fused-ring (bicyclic) bond motifs is 2. The van der Waals surface area contributed by atoms with Crippen molar-refractivity contribution in [2.24, 2.45) is 5.92 Å². The normalized spacial score (nSPS) is 22.2. The second-order valence-electron chi connectivity index (χ2n) is 7.79. The van der Waals surface area contributed by atoms with Crippen LogP contribution < -0.4 is 15.8 Å². The lowest BCUT2D eigenvalue weighted by Gasteiger charge is -2.30.